The number of anilines is 3. The maximum Gasteiger partial charge on any atom is 0.416 e. The molecule has 246 valence electrons. The molecule has 0 bridgehead atoms. The summed E-state index contributed by atoms with van der Waals surface area (Å²) in [6.45, 7) is 6.34. The summed E-state index contributed by atoms with van der Waals surface area (Å²) in [5.41, 5.74) is 2.35. The Morgan fingerprint density at radius 2 is 1.43 bits per heavy atom. The Bertz CT molecular complexity index is 1730. The van der Waals surface area contributed by atoms with Crippen LogP contribution < -0.4 is 15.0 Å². The van der Waals surface area contributed by atoms with Crippen molar-refractivity contribution >= 4 is 23.0 Å². The van der Waals surface area contributed by atoms with E-state index >= 15 is 0 Å². The lowest BCUT2D eigenvalue weighted by molar-refractivity contribution is -0.137. The fraction of sp³-hybridized carbons (Fsp3) is 0.359. The van der Waals surface area contributed by atoms with Gasteiger partial charge in [-0.25, -0.2) is 4.79 Å². The molecule has 0 amide bonds. The molecule has 2 aliphatic heterocycles. The number of alkyl halides is 3. The molecule has 5 nitrogen and oxygen atoms in total. The van der Waals surface area contributed by atoms with Crippen molar-refractivity contribution in [2.45, 2.75) is 77.0 Å². The summed E-state index contributed by atoms with van der Waals surface area (Å²) >= 11 is 0. The molecule has 4 aromatic carbocycles. The van der Waals surface area contributed by atoms with Gasteiger partial charge in [0.05, 0.1) is 11.1 Å². The minimum atomic E-state index is -4.46. The average molecular weight is 643 g/mol. The Labute approximate surface area is 274 Å². The molecule has 2 aliphatic rings. The van der Waals surface area contributed by atoms with E-state index in [1.807, 2.05) is 24.3 Å². The smallest absolute Gasteiger partial charge is 0.416 e. The monoisotopic (exact) mass is 642 g/mol. The molecule has 6 rings (SSSR count). The van der Waals surface area contributed by atoms with E-state index in [9.17, 15) is 18.0 Å². The molecule has 1 atom stereocenters. The fourth-order valence-corrected chi connectivity index (χ4v) is 6.70. The van der Waals surface area contributed by atoms with E-state index in [1.165, 1.54) is 44.6 Å². The van der Waals surface area contributed by atoms with Gasteiger partial charge in [-0.2, -0.15) is 13.2 Å². The molecule has 4 aromatic rings. The highest BCUT2D eigenvalue weighted by Crippen LogP contribution is 2.57. The van der Waals surface area contributed by atoms with Crippen molar-refractivity contribution < 1.29 is 27.4 Å². The standard InChI is InChI=1S/C39H41F3N2O3/c1-3-5-7-11-22-44(23-12-8-6-4-2)30-19-20-33-36(26-30)46-35-21-18-29(43-28-15-13-14-27(24-28)39(40,41)42)25-34(35)38(33)32-17-10-9-16-31(32)37(45)47-38/h9-10,13-21,24-26,43H,3-8,11-12,22-23H2,1-2H3. The number of hydrogen-bond donors (Lipinski definition) is 1. The quantitative estimate of drug-likeness (QED) is 0.116. The number of hydrogen-bond acceptors (Lipinski definition) is 5. The van der Waals surface area contributed by atoms with Crippen molar-refractivity contribution in [2.24, 2.45) is 0 Å². The highest BCUT2D eigenvalue weighted by Gasteiger charge is 2.53. The highest BCUT2D eigenvalue weighted by atomic mass is 19.4. The topological polar surface area (TPSA) is 50.8 Å². The third-order valence-electron chi connectivity index (χ3n) is 9.10. The van der Waals surface area contributed by atoms with Gasteiger partial charge < -0.3 is 19.7 Å². The molecular weight excluding hydrogens is 601 g/mol. The number of fused-ring (bicyclic) bond motifs is 6. The Kier molecular flexibility index (Phi) is 9.48. The molecular formula is C39H41F3N2O3. The van der Waals surface area contributed by atoms with Gasteiger partial charge in [-0.05, 0) is 67.4 Å². The van der Waals surface area contributed by atoms with Crippen molar-refractivity contribution in [2.75, 3.05) is 23.3 Å². The number of halogens is 3. The Balaban J connectivity index is 1.40. The molecule has 47 heavy (non-hydrogen) atoms. The summed E-state index contributed by atoms with van der Waals surface area (Å²) in [6.07, 6.45) is 4.92. The van der Waals surface area contributed by atoms with E-state index in [0.29, 0.717) is 39.4 Å². The number of nitrogens with zero attached hydrogens (tertiary/aromatic N) is 1. The van der Waals surface area contributed by atoms with Gasteiger partial charge in [0.25, 0.3) is 0 Å². The third kappa shape index (κ3) is 6.55. The summed E-state index contributed by atoms with van der Waals surface area (Å²) < 4.78 is 53.2. The van der Waals surface area contributed by atoms with Gasteiger partial charge in [0.2, 0.25) is 0 Å². The Morgan fingerprint density at radius 3 is 2.15 bits per heavy atom. The van der Waals surface area contributed by atoms with Gasteiger partial charge in [-0.3, -0.25) is 0 Å². The second-order valence-electron chi connectivity index (χ2n) is 12.4. The number of nitrogens with one attached hydrogen (secondary N) is 1. The second-order valence-corrected chi connectivity index (χ2v) is 12.4. The first-order valence-electron chi connectivity index (χ1n) is 16.7. The summed E-state index contributed by atoms with van der Waals surface area (Å²) in [5.74, 6) is 0.699. The van der Waals surface area contributed by atoms with Crippen molar-refractivity contribution in [3.05, 3.63) is 113 Å². The number of rotatable bonds is 13. The predicted octanol–water partition coefficient (Wildman–Crippen LogP) is 11.0. The molecule has 0 saturated heterocycles. The normalized spacial score (nSPS) is 16.2. The second kappa shape index (κ2) is 13.7. The highest BCUT2D eigenvalue weighted by molar-refractivity contribution is 5.97. The summed E-state index contributed by atoms with van der Waals surface area (Å²) in [4.78, 5) is 15.8. The van der Waals surface area contributed by atoms with Gasteiger partial charge in [0.15, 0.2) is 5.60 Å². The molecule has 1 unspecified atom stereocenters. The maximum atomic E-state index is 13.4. The SMILES string of the molecule is CCCCCCN(CCCCCC)c1ccc2c(c1)Oc1ccc(Nc3cccc(C(F)(F)F)c3)cc1C21OC(=O)c2ccccc21. The van der Waals surface area contributed by atoms with Crippen LogP contribution in [0.2, 0.25) is 0 Å². The number of ether oxygens (including phenoxy) is 2. The summed E-state index contributed by atoms with van der Waals surface area (Å²) in [6, 6.07) is 23.9. The molecule has 0 aromatic heterocycles. The number of unbranched alkanes of at least 4 members (excludes halogenated alkanes) is 6. The van der Waals surface area contributed by atoms with E-state index in [1.54, 1.807) is 30.3 Å². The number of benzene rings is 4. The lowest BCUT2D eigenvalue weighted by Gasteiger charge is -2.37. The zero-order valence-corrected chi connectivity index (χ0v) is 27.0. The molecule has 1 N–H and O–H groups in total. The minimum absolute atomic E-state index is 0.289. The first kappa shape index (κ1) is 32.5. The van der Waals surface area contributed by atoms with E-state index in [-0.39, 0.29) is 5.69 Å². The van der Waals surface area contributed by atoms with Crippen LogP contribution in [0.4, 0.5) is 30.2 Å². The van der Waals surface area contributed by atoms with Gasteiger partial charge in [-0.1, -0.05) is 76.6 Å². The third-order valence-corrected chi connectivity index (χ3v) is 9.10. The van der Waals surface area contributed by atoms with Crippen LogP contribution in [0.5, 0.6) is 11.5 Å². The largest absolute Gasteiger partial charge is 0.456 e. The molecule has 2 heterocycles. The van der Waals surface area contributed by atoms with Gasteiger partial charge in [-0.15, -0.1) is 0 Å². The van der Waals surface area contributed by atoms with Gasteiger partial charge in [0, 0.05) is 52.9 Å². The predicted molar refractivity (Wildman–Crippen MR) is 180 cm³/mol. The van der Waals surface area contributed by atoms with Crippen LogP contribution >= 0.6 is 0 Å². The molecule has 0 aliphatic carbocycles. The molecule has 0 fully saturated rings. The minimum Gasteiger partial charge on any atom is -0.456 e. The molecule has 1 spiro atoms. The molecule has 0 radical (unpaired) electrons. The fourth-order valence-electron chi connectivity index (χ4n) is 6.70. The number of carbonyl (C=O) groups is 1. The van der Waals surface area contributed by atoms with Crippen LogP contribution in [-0.2, 0) is 16.5 Å². The summed E-state index contributed by atoms with van der Waals surface area (Å²) in [7, 11) is 0. The van der Waals surface area contributed by atoms with Crippen molar-refractivity contribution in [3.63, 3.8) is 0 Å². The number of carbonyl (C=O) groups excluding carboxylic acids is 1. The maximum absolute atomic E-state index is 13.4. The van der Waals surface area contributed by atoms with Crippen LogP contribution in [0.25, 0.3) is 0 Å². The van der Waals surface area contributed by atoms with Gasteiger partial charge in [0.1, 0.15) is 11.5 Å². The van der Waals surface area contributed by atoms with Crippen molar-refractivity contribution in [1.29, 1.82) is 0 Å². The zero-order valence-electron chi connectivity index (χ0n) is 27.0. The van der Waals surface area contributed by atoms with Crippen LogP contribution in [0.1, 0.15) is 97.8 Å². The first-order chi connectivity index (χ1) is 22.7. The molecule has 8 heteroatoms. The summed E-state index contributed by atoms with van der Waals surface area (Å²) in [5, 5.41) is 3.11. The van der Waals surface area contributed by atoms with E-state index in [0.717, 1.165) is 43.8 Å². The lowest BCUT2D eigenvalue weighted by atomic mass is 9.77. The average Bonchev–Trinajstić information content (AvgIpc) is 3.36. The van der Waals surface area contributed by atoms with Crippen molar-refractivity contribution in [1.82, 2.24) is 0 Å². The van der Waals surface area contributed by atoms with Crippen LogP contribution in [-0.4, -0.2) is 19.1 Å². The number of esters is 1. The van der Waals surface area contributed by atoms with Crippen LogP contribution in [0.15, 0.2) is 84.9 Å². The van der Waals surface area contributed by atoms with E-state index < -0.39 is 23.3 Å². The Hall–Kier alpha value is -4.46. The van der Waals surface area contributed by atoms with Gasteiger partial charge >= 0.3 is 12.1 Å². The Morgan fingerprint density at radius 1 is 0.702 bits per heavy atom. The van der Waals surface area contributed by atoms with E-state index in [4.69, 9.17) is 9.47 Å². The first-order valence-corrected chi connectivity index (χ1v) is 16.7. The van der Waals surface area contributed by atoms with Crippen LogP contribution in [0.3, 0.4) is 0 Å². The zero-order chi connectivity index (χ0) is 33.0. The lowest BCUT2D eigenvalue weighted by Crippen LogP contribution is -2.33. The molecule has 0 saturated carbocycles. The van der Waals surface area contributed by atoms with Crippen molar-refractivity contribution in [3.8, 4) is 11.5 Å². The van der Waals surface area contributed by atoms with E-state index in [2.05, 4.69) is 36.2 Å². The van der Waals surface area contributed by atoms with Crippen LogP contribution in [0, 0.1) is 0 Å².